The van der Waals surface area contributed by atoms with Gasteiger partial charge >= 0.3 is 0 Å². The van der Waals surface area contributed by atoms with Gasteiger partial charge in [-0.3, -0.25) is 14.4 Å². The van der Waals surface area contributed by atoms with Gasteiger partial charge in [0.05, 0.1) is 31.7 Å². The first-order valence-corrected chi connectivity index (χ1v) is 13.8. The zero-order chi connectivity index (χ0) is 29.0. The highest BCUT2D eigenvalue weighted by Crippen LogP contribution is 2.62. The number of anilines is 1. The molecule has 4 unspecified atom stereocenters. The third kappa shape index (κ3) is 3.49. The molecule has 42 heavy (non-hydrogen) atoms. The fourth-order valence-electron chi connectivity index (χ4n) is 7.11. The van der Waals surface area contributed by atoms with Crippen LogP contribution in [-0.4, -0.2) is 42.6 Å². The Morgan fingerprint density at radius 3 is 2.31 bits per heavy atom. The molecule has 4 atom stereocenters. The molecule has 1 amide bonds. The number of nitrogens with one attached hydrogen (secondary N) is 1. The lowest BCUT2D eigenvalue weighted by atomic mass is 9.62. The second-order valence-electron chi connectivity index (χ2n) is 10.7. The molecule has 4 aromatic rings. The first-order valence-electron chi connectivity index (χ1n) is 13.8. The van der Waals surface area contributed by atoms with E-state index >= 15 is 0 Å². The van der Waals surface area contributed by atoms with Crippen LogP contribution in [0, 0.1) is 5.92 Å². The molecule has 7 rings (SSSR count). The fraction of sp³-hybridized carbons (Fsp3) is 0.171. The summed E-state index contributed by atoms with van der Waals surface area (Å²) in [6.07, 6.45) is 3.81. The van der Waals surface area contributed by atoms with Crippen LogP contribution in [0.2, 0.25) is 0 Å². The van der Waals surface area contributed by atoms with Gasteiger partial charge in [-0.1, -0.05) is 54.6 Å². The lowest BCUT2D eigenvalue weighted by Crippen LogP contribution is -2.49. The van der Waals surface area contributed by atoms with Crippen LogP contribution >= 0.6 is 0 Å². The zero-order valence-corrected chi connectivity index (χ0v) is 23.1. The van der Waals surface area contributed by atoms with E-state index in [1.165, 1.54) is 7.11 Å². The number of amides is 1. The molecule has 0 aromatic heterocycles. The van der Waals surface area contributed by atoms with Crippen LogP contribution in [0.1, 0.15) is 43.4 Å². The Hall–Kier alpha value is -5.17. The summed E-state index contributed by atoms with van der Waals surface area (Å²) in [4.78, 5) is 46.0. The molecule has 1 spiro atoms. The SMILES string of the molecule is COc1ccc(C(=O)C2C(C(=O)c3ccccc3OC)N3C=Cc4ccccc4C3C23C(=O)Nc2ccccc23)cc1. The molecule has 0 aliphatic carbocycles. The van der Waals surface area contributed by atoms with Gasteiger partial charge in [0.1, 0.15) is 23.0 Å². The predicted molar refractivity (Wildman–Crippen MR) is 159 cm³/mol. The topological polar surface area (TPSA) is 84.9 Å². The van der Waals surface area contributed by atoms with Crippen molar-refractivity contribution in [1.82, 2.24) is 4.90 Å². The summed E-state index contributed by atoms with van der Waals surface area (Å²) in [5.74, 6) is -0.930. The van der Waals surface area contributed by atoms with Crippen molar-refractivity contribution in [3.63, 3.8) is 0 Å². The van der Waals surface area contributed by atoms with E-state index in [2.05, 4.69) is 5.32 Å². The average molecular weight is 557 g/mol. The summed E-state index contributed by atoms with van der Waals surface area (Å²) in [5, 5.41) is 3.07. The maximum Gasteiger partial charge on any atom is 0.238 e. The van der Waals surface area contributed by atoms with Crippen molar-refractivity contribution in [3.8, 4) is 11.5 Å². The van der Waals surface area contributed by atoms with E-state index in [1.54, 1.807) is 55.6 Å². The van der Waals surface area contributed by atoms with Gasteiger partial charge in [-0.25, -0.2) is 0 Å². The third-order valence-corrected chi connectivity index (χ3v) is 8.87. The molecular weight excluding hydrogens is 528 g/mol. The highest BCUT2D eigenvalue weighted by Gasteiger charge is 2.70. The van der Waals surface area contributed by atoms with Crippen LogP contribution in [0.3, 0.4) is 0 Å². The standard InChI is InChI=1S/C35H28N2O5/c1-41-23-17-15-22(16-18-23)31(38)29-30(32(39)25-11-5-8-14-28(25)42-2)37-20-19-21-9-3-4-10-24(21)33(37)35(29)26-12-6-7-13-27(26)36-34(35)40/h3-20,29-30,33H,1-2H3,(H,36,40). The Kier molecular flexibility index (Phi) is 5.97. The lowest BCUT2D eigenvalue weighted by Gasteiger charge is -2.38. The van der Waals surface area contributed by atoms with Crippen molar-refractivity contribution < 1.29 is 23.9 Å². The monoisotopic (exact) mass is 556 g/mol. The van der Waals surface area contributed by atoms with Crippen molar-refractivity contribution in [2.75, 3.05) is 19.5 Å². The van der Waals surface area contributed by atoms with Gasteiger partial charge in [0.15, 0.2) is 11.6 Å². The number of benzene rings is 4. The predicted octanol–water partition coefficient (Wildman–Crippen LogP) is 5.69. The summed E-state index contributed by atoms with van der Waals surface area (Å²) in [7, 11) is 3.08. The van der Waals surface area contributed by atoms with Crippen LogP contribution < -0.4 is 14.8 Å². The van der Waals surface area contributed by atoms with Crippen LogP contribution in [0.25, 0.3) is 6.08 Å². The number of fused-ring (bicyclic) bond motifs is 6. The van der Waals surface area contributed by atoms with E-state index in [0.717, 1.165) is 11.1 Å². The van der Waals surface area contributed by atoms with Gasteiger partial charge in [-0.05, 0) is 65.2 Å². The van der Waals surface area contributed by atoms with E-state index in [4.69, 9.17) is 9.47 Å². The Balaban J connectivity index is 1.53. The Labute approximate surface area is 243 Å². The molecule has 3 aliphatic rings. The van der Waals surface area contributed by atoms with Gasteiger partial charge in [-0.15, -0.1) is 0 Å². The van der Waals surface area contributed by atoms with Crippen molar-refractivity contribution in [3.05, 3.63) is 131 Å². The fourth-order valence-corrected chi connectivity index (χ4v) is 7.11. The molecule has 3 heterocycles. The molecule has 0 radical (unpaired) electrons. The molecule has 1 fully saturated rings. The Morgan fingerprint density at radius 1 is 0.810 bits per heavy atom. The Bertz CT molecular complexity index is 1780. The summed E-state index contributed by atoms with van der Waals surface area (Å²) in [5.41, 5.74) is 2.53. The second-order valence-corrected chi connectivity index (χ2v) is 10.7. The van der Waals surface area contributed by atoms with E-state index < -0.39 is 23.4 Å². The molecule has 3 aliphatic heterocycles. The van der Waals surface area contributed by atoms with Gasteiger partial charge in [0.25, 0.3) is 0 Å². The van der Waals surface area contributed by atoms with Crippen molar-refractivity contribution in [2.45, 2.75) is 17.5 Å². The molecule has 0 saturated carbocycles. The van der Waals surface area contributed by atoms with Gasteiger partial charge < -0.3 is 19.7 Å². The number of hydrogen-bond acceptors (Lipinski definition) is 6. The number of methoxy groups -OCH3 is 2. The molecule has 4 aromatic carbocycles. The quantitative estimate of drug-likeness (QED) is 0.308. The van der Waals surface area contributed by atoms with Crippen LogP contribution in [0.5, 0.6) is 11.5 Å². The number of nitrogens with zero attached hydrogens (tertiary/aromatic N) is 1. The zero-order valence-electron chi connectivity index (χ0n) is 23.1. The number of carbonyl (C=O) groups excluding carboxylic acids is 3. The maximum absolute atomic E-state index is 14.9. The minimum atomic E-state index is -1.39. The Morgan fingerprint density at radius 2 is 1.52 bits per heavy atom. The lowest BCUT2D eigenvalue weighted by molar-refractivity contribution is -0.122. The number of carbonyl (C=O) groups is 3. The number of para-hydroxylation sites is 2. The highest BCUT2D eigenvalue weighted by molar-refractivity contribution is 6.17. The van der Waals surface area contributed by atoms with E-state index in [0.29, 0.717) is 33.9 Å². The largest absolute Gasteiger partial charge is 0.497 e. The molecule has 1 N–H and O–H groups in total. The van der Waals surface area contributed by atoms with Crippen molar-refractivity contribution in [1.29, 1.82) is 0 Å². The molecule has 0 bridgehead atoms. The van der Waals surface area contributed by atoms with Crippen LogP contribution in [0.15, 0.2) is 103 Å². The molecule has 7 nitrogen and oxygen atoms in total. The average Bonchev–Trinajstić information content (AvgIpc) is 3.52. The number of ketones is 2. The second kappa shape index (κ2) is 9.73. The smallest absolute Gasteiger partial charge is 0.238 e. The summed E-state index contributed by atoms with van der Waals surface area (Å²) in [6, 6.07) is 27.6. The van der Waals surface area contributed by atoms with E-state index in [9.17, 15) is 14.4 Å². The van der Waals surface area contributed by atoms with Crippen LogP contribution in [-0.2, 0) is 10.2 Å². The van der Waals surface area contributed by atoms with Crippen molar-refractivity contribution >= 4 is 29.2 Å². The number of rotatable bonds is 6. The number of hydrogen-bond donors (Lipinski definition) is 1. The summed E-state index contributed by atoms with van der Waals surface area (Å²) < 4.78 is 10.9. The van der Waals surface area contributed by atoms with E-state index in [-0.39, 0.29) is 17.5 Å². The minimum absolute atomic E-state index is 0.289. The molecular formula is C35H28N2O5. The summed E-state index contributed by atoms with van der Waals surface area (Å²) >= 11 is 0. The molecule has 7 heteroatoms. The number of ether oxygens (including phenoxy) is 2. The van der Waals surface area contributed by atoms with E-state index in [1.807, 2.05) is 65.7 Å². The van der Waals surface area contributed by atoms with Gasteiger partial charge in [-0.2, -0.15) is 0 Å². The molecule has 208 valence electrons. The maximum atomic E-state index is 14.9. The first kappa shape index (κ1) is 25.8. The van der Waals surface area contributed by atoms with Gasteiger partial charge in [0.2, 0.25) is 5.91 Å². The van der Waals surface area contributed by atoms with Crippen molar-refractivity contribution in [2.24, 2.45) is 5.92 Å². The van der Waals surface area contributed by atoms with Crippen LogP contribution in [0.4, 0.5) is 5.69 Å². The summed E-state index contributed by atoms with van der Waals surface area (Å²) in [6.45, 7) is 0. The minimum Gasteiger partial charge on any atom is -0.497 e. The normalized spacial score (nSPS) is 23.1. The highest BCUT2D eigenvalue weighted by atomic mass is 16.5. The third-order valence-electron chi connectivity index (χ3n) is 8.87. The van der Waals surface area contributed by atoms with Gasteiger partial charge in [0, 0.05) is 17.5 Å². The molecule has 1 saturated heterocycles. The number of Topliss-reactive ketones (excluding diaryl/α,β-unsaturated/α-hetero) is 2. The first-order chi connectivity index (χ1) is 20.5.